The quantitative estimate of drug-likeness (QED) is 0.613. The molecule has 0 radical (unpaired) electrons. The largest absolute Gasteiger partial charge is 0.417 e. The Kier molecular flexibility index (Phi) is 5.49. The maximum absolute atomic E-state index is 13.5. The zero-order valence-electron chi connectivity index (χ0n) is 19.2. The Morgan fingerprint density at radius 1 is 1.15 bits per heavy atom. The van der Waals surface area contributed by atoms with Crippen LogP contribution in [0.5, 0.6) is 0 Å². The van der Waals surface area contributed by atoms with Crippen molar-refractivity contribution in [3.63, 3.8) is 0 Å². The molecule has 0 amide bonds. The van der Waals surface area contributed by atoms with Gasteiger partial charge in [0.15, 0.2) is 5.60 Å². The Balaban J connectivity index is 1.31. The normalized spacial score (nSPS) is 24.1. The van der Waals surface area contributed by atoms with Gasteiger partial charge in [-0.05, 0) is 49.8 Å². The molecule has 10 heteroatoms. The van der Waals surface area contributed by atoms with E-state index in [1.54, 1.807) is 17.3 Å². The minimum absolute atomic E-state index is 0.0578. The van der Waals surface area contributed by atoms with Crippen LogP contribution in [-0.2, 0) is 14.8 Å². The highest BCUT2D eigenvalue weighted by atomic mass is 32.2. The Bertz CT molecular complexity index is 1170. The van der Waals surface area contributed by atoms with Gasteiger partial charge in [-0.25, -0.2) is 13.4 Å². The molecule has 3 fully saturated rings. The summed E-state index contributed by atoms with van der Waals surface area (Å²) in [5.74, 6) is 0.588. The minimum Gasteiger partial charge on any atom is -0.369 e. The Labute approximate surface area is 197 Å². The van der Waals surface area contributed by atoms with Gasteiger partial charge < -0.3 is 9.64 Å². The van der Waals surface area contributed by atoms with Gasteiger partial charge in [-0.15, -0.1) is 0 Å². The minimum atomic E-state index is -4.38. The summed E-state index contributed by atoms with van der Waals surface area (Å²) in [7, 11) is -2.62. The van der Waals surface area contributed by atoms with Crippen LogP contribution in [0.2, 0.25) is 0 Å². The first-order valence-corrected chi connectivity index (χ1v) is 12.8. The molecular formula is C24H28F3N3O3S. The van der Waals surface area contributed by atoms with Crippen LogP contribution in [0.15, 0.2) is 47.5 Å². The number of ether oxygens (including phenoxy) is 1. The summed E-state index contributed by atoms with van der Waals surface area (Å²) < 4.78 is 73.4. The zero-order chi connectivity index (χ0) is 24.4. The monoisotopic (exact) mass is 495 g/mol. The number of hydrogen-bond acceptors (Lipinski definition) is 5. The molecule has 6 nitrogen and oxygen atoms in total. The van der Waals surface area contributed by atoms with Crippen molar-refractivity contribution in [3.8, 4) is 0 Å². The fourth-order valence-corrected chi connectivity index (χ4v) is 7.74. The Morgan fingerprint density at radius 3 is 2.41 bits per heavy atom. The fourth-order valence-electron chi connectivity index (χ4n) is 5.90. The Morgan fingerprint density at radius 2 is 1.82 bits per heavy atom. The summed E-state index contributed by atoms with van der Waals surface area (Å²) in [6, 6.07) is 11.1. The number of methoxy groups -OCH3 is 1. The van der Waals surface area contributed by atoms with Crippen LogP contribution >= 0.6 is 0 Å². The Hall–Kier alpha value is -2.17. The molecule has 2 aliphatic heterocycles. The molecule has 5 rings (SSSR count). The first kappa shape index (κ1) is 23.6. The van der Waals surface area contributed by atoms with Crippen LogP contribution in [0.1, 0.15) is 42.9 Å². The molecule has 1 unspecified atom stereocenters. The maximum Gasteiger partial charge on any atom is 0.417 e. The molecule has 1 aliphatic carbocycles. The molecule has 2 aromatic rings. The van der Waals surface area contributed by atoms with E-state index in [0.29, 0.717) is 31.0 Å². The van der Waals surface area contributed by atoms with Crippen molar-refractivity contribution in [2.45, 2.75) is 55.3 Å². The smallest absolute Gasteiger partial charge is 0.369 e. The number of aromatic nitrogens is 1. The van der Waals surface area contributed by atoms with Crippen molar-refractivity contribution in [3.05, 3.63) is 53.7 Å². The highest BCUT2D eigenvalue weighted by Crippen LogP contribution is 2.61. The molecular weight excluding hydrogens is 467 g/mol. The van der Waals surface area contributed by atoms with E-state index in [1.165, 1.54) is 6.20 Å². The SMILES string of the molecule is COC1(C(F)(F)F)CC2(CN(c3cc(C)c(S(=O)(=O)N4CCCC4c4ccccc4)cn3)C2)C1. The lowest BCUT2D eigenvalue weighted by atomic mass is 9.54. The van der Waals surface area contributed by atoms with Gasteiger partial charge in [0.25, 0.3) is 0 Å². The molecule has 0 N–H and O–H groups in total. The number of benzene rings is 1. The van der Waals surface area contributed by atoms with Gasteiger partial charge in [0, 0.05) is 38.4 Å². The lowest BCUT2D eigenvalue weighted by Gasteiger charge is -2.63. The molecule has 1 atom stereocenters. The molecule has 3 aliphatic rings. The summed E-state index contributed by atoms with van der Waals surface area (Å²) in [5.41, 5.74) is -0.918. The van der Waals surface area contributed by atoms with Gasteiger partial charge in [-0.1, -0.05) is 30.3 Å². The summed E-state index contributed by atoms with van der Waals surface area (Å²) >= 11 is 0. The van der Waals surface area contributed by atoms with Gasteiger partial charge in [-0.3, -0.25) is 0 Å². The average molecular weight is 496 g/mol. The number of pyridine rings is 1. The fraction of sp³-hybridized carbons (Fsp3) is 0.542. The third kappa shape index (κ3) is 3.61. The van der Waals surface area contributed by atoms with Crippen LogP contribution in [0.25, 0.3) is 0 Å². The predicted molar refractivity (Wildman–Crippen MR) is 121 cm³/mol. The van der Waals surface area contributed by atoms with E-state index >= 15 is 0 Å². The molecule has 2 saturated heterocycles. The second-order valence-electron chi connectivity index (χ2n) is 9.90. The van der Waals surface area contributed by atoms with Gasteiger partial charge in [0.1, 0.15) is 10.7 Å². The predicted octanol–water partition coefficient (Wildman–Crippen LogP) is 4.46. The van der Waals surface area contributed by atoms with Crippen LogP contribution in [0, 0.1) is 12.3 Å². The van der Waals surface area contributed by atoms with Gasteiger partial charge in [-0.2, -0.15) is 17.5 Å². The van der Waals surface area contributed by atoms with Crippen LogP contribution in [-0.4, -0.2) is 56.2 Å². The second-order valence-corrected chi connectivity index (χ2v) is 11.8. The molecule has 1 aromatic carbocycles. The number of sulfonamides is 1. The molecule has 34 heavy (non-hydrogen) atoms. The number of aryl methyl sites for hydroxylation is 1. The summed E-state index contributed by atoms with van der Waals surface area (Å²) in [4.78, 5) is 6.47. The third-order valence-corrected chi connectivity index (χ3v) is 9.67. The van der Waals surface area contributed by atoms with Crippen molar-refractivity contribution in [1.82, 2.24) is 9.29 Å². The molecule has 0 bridgehead atoms. The molecule has 1 saturated carbocycles. The standard InChI is InChI=1S/C24H28F3N3O3S/c1-17-11-21(29-15-22(16-29)13-23(14-22,33-2)24(25,26)27)28-12-20(17)34(31,32)30-10-6-9-19(30)18-7-4-3-5-8-18/h3-5,7-8,11-12,19H,6,9-10,13-16H2,1-2H3. The summed E-state index contributed by atoms with van der Waals surface area (Å²) in [6.07, 6.45) is -1.55. The van der Waals surface area contributed by atoms with Gasteiger partial charge in [0.2, 0.25) is 10.0 Å². The molecule has 184 valence electrons. The average Bonchev–Trinajstić information content (AvgIpc) is 3.23. The van der Waals surface area contributed by atoms with E-state index in [0.717, 1.165) is 25.5 Å². The zero-order valence-corrected chi connectivity index (χ0v) is 20.0. The van der Waals surface area contributed by atoms with Crippen LogP contribution in [0.4, 0.5) is 19.0 Å². The lowest BCUT2D eigenvalue weighted by molar-refractivity contribution is -0.328. The number of alkyl halides is 3. The van der Waals surface area contributed by atoms with Crippen molar-refractivity contribution >= 4 is 15.8 Å². The van der Waals surface area contributed by atoms with Crippen molar-refractivity contribution in [2.24, 2.45) is 5.41 Å². The number of halogens is 3. The first-order chi connectivity index (χ1) is 16.0. The van der Waals surface area contributed by atoms with Crippen LogP contribution in [0.3, 0.4) is 0 Å². The summed E-state index contributed by atoms with van der Waals surface area (Å²) in [6.45, 7) is 3.10. The molecule has 3 heterocycles. The number of rotatable bonds is 5. The van der Waals surface area contributed by atoms with E-state index in [-0.39, 0.29) is 23.8 Å². The van der Waals surface area contributed by atoms with E-state index in [4.69, 9.17) is 4.74 Å². The van der Waals surface area contributed by atoms with Crippen molar-refractivity contribution in [2.75, 3.05) is 31.6 Å². The topological polar surface area (TPSA) is 62.7 Å². The van der Waals surface area contributed by atoms with E-state index < -0.39 is 27.2 Å². The first-order valence-electron chi connectivity index (χ1n) is 11.4. The third-order valence-electron chi connectivity index (χ3n) is 7.63. The van der Waals surface area contributed by atoms with E-state index in [9.17, 15) is 21.6 Å². The highest BCUT2D eigenvalue weighted by Gasteiger charge is 2.71. The van der Waals surface area contributed by atoms with Gasteiger partial charge in [0.05, 0.1) is 6.04 Å². The number of hydrogen-bond donors (Lipinski definition) is 0. The number of nitrogens with zero attached hydrogens (tertiary/aromatic N) is 3. The maximum atomic E-state index is 13.5. The highest BCUT2D eigenvalue weighted by molar-refractivity contribution is 7.89. The van der Waals surface area contributed by atoms with E-state index in [2.05, 4.69) is 4.98 Å². The molecule has 1 aromatic heterocycles. The van der Waals surface area contributed by atoms with Crippen molar-refractivity contribution < 1.29 is 26.3 Å². The summed E-state index contributed by atoms with van der Waals surface area (Å²) in [5, 5.41) is 0. The van der Waals surface area contributed by atoms with E-state index in [1.807, 2.05) is 35.2 Å². The van der Waals surface area contributed by atoms with Crippen LogP contribution < -0.4 is 4.90 Å². The second kappa shape index (κ2) is 7.93. The van der Waals surface area contributed by atoms with Gasteiger partial charge >= 0.3 is 6.18 Å². The van der Waals surface area contributed by atoms with Crippen molar-refractivity contribution in [1.29, 1.82) is 0 Å². The lowest BCUT2D eigenvalue weighted by Crippen LogP contribution is -2.72. The molecule has 1 spiro atoms. The number of anilines is 1.